The molecule has 4 nitrogen and oxygen atoms in total. The lowest BCUT2D eigenvalue weighted by molar-refractivity contribution is 0.342. The van der Waals surface area contributed by atoms with Gasteiger partial charge in [-0.2, -0.15) is 0 Å². The molecule has 2 rings (SSSR count). The molecule has 1 atom stereocenters. The zero-order valence-electron chi connectivity index (χ0n) is 11.6. The van der Waals surface area contributed by atoms with Gasteiger partial charge < -0.3 is 5.32 Å². The Kier molecular flexibility index (Phi) is 2.64. The summed E-state index contributed by atoms with van der Waals surface area (Å²) in [4.78, 5) is 13.4. The lowest BCUT2D eigenvalue weighted by Gasteiger charge is -2.40. The molecule has 0 radical (unpaired) electrons. The Balaban J connectivity index is 2.46. The van der Waals surface area contributed by atoms with Gasteiger partial charge in [0.1, 0.15) is 6.67 Å². The van der Waals surface area contributed by atoms with Crippen LogP contribution in [-0.4, -0.2) is 30.1 Å². The van der Waals surface area contributed by atoms with Crippen LogP contribution >= 0.6 is 0 Å². The van der Waals surface area contributed by atoms with E-state index >= 15 is 0 Å². The topological polar surface area (TPSA) is 49.1 Å². The minimum atomic E-state index is 0.0432. The molecule has 0 aliphatic carbocycles. The average Bonchev–Trinajstić information content (AvgIpc) is 2.59. The second kappa shape index (κ2) is 3.65. The van der Waals surface area contributed by atoms with Crippen LogP contribution in [0.4, 0.5) is 0 Å². The molecule has 0 aromatic carbocycles. The molecule has 2 aliphatic heterocycles. The van der Waals surface area contributed by atoms with E-state index in [2.05, 4.69) is 56.8 Å². The van der Waals surface area contributed by atoms with Crippen molar-refractivity contribution in [3.63, 3.8) is 0 Å². The van der Waals surface area contributed by atoms with Crippen molar-refractivity contribution in [1.82, 2.24) is 5.32 Å². The highest BCUT2D eigenvalue weighted by Gasteiger charge is 2.40. The predicted molar refractivity (Wildman–Crippen MR) is 73.0 cm³/mol. The number of hydrogen-bond donors (Lipinski definition) is 1. The fourth-order valence-electron chi connectivity index (χ4n) is 2.13. The number of nitrogens with one attached hydrogen (secondary N) is 1. The largest absolute Gasteiger partial charge is 0.359 e. The average molecular weight is 234 g/mol. The summed E-state index contributed by atoms with van der Waals surface area (Å²) in [6.45, 7) is 13.8. The van der Waals surface area contributed by atoms with Gasteiger partial charge in [-0.3, -0.25) is 0 Å². The molecule has 0 saturated heterocycles. The van der Waals surface area contributed by atoms with Crippen molar-refractivity contribution in [2.45, 2.75) is 47.6 Å². The summed E-state index contributed by atoms with van der Waals surface area (Å²) in [6.07, 6.45) is 0. The van der Waals surface area contributed by atoms with Crippen LogP contribution in [-0.2, 0) is 0 Å². The van der Waals surface area contributed by atoms with E-state index in [-0.39, 0.29) is 16.9 Å². The molecule has 0 spiro atoms. The molecule has 1 unspecified atom stereocenters. The van der Waals surface area contributed by atoms with Crippen molar-refractivity contribution in [1.29, 1.82) is 0 Å². The van der Waals surface area contributed by atoms with E-state index in [1.54, 1.807) is 0 Å². The van der Waals surface area contributed by atoms with Gasteiger partial charge in [0, 0.05) is 11.1 Å². The minimum absolute atomic E-state index is 0.0432. The van der Waals surface area contributed by atoms with Crippen molar-refractivity contribution in [2.24, 2.45) is 25.8 Å². The number of hydrogen-bond acceptors (Lipinski definition) is 4. The van der Waals surface area contributed by atoms with Gasteiger partial charge in [-0.1, -0.05) is 41.5 Å². The van der Waals surface area contributed by atoms with Crippen molar-refractivity contribution in [3.05, 3.63) is 0 Å². The molecule has 0 aromatic rings. The van der Waals surface area contributed by atoms with Crippen LogP contribution in [0.1, 0.15) is 41.5 Å². The third-order valence-corrected chi connectivity index (χ3v) is 3.08. The van der Waals surface area contributed by atoms with Gasteiger partial charge in [0.15, 0.2) is 11.7 Å². The molecular formula is C13H22N4. The van der Waals surface area contributed by atoms with Gasteiger partial charge in [-0.25, -0.2) is 15.0 Å². The van der Waals surface area contributed by atoms with Crippen molar-refractivity contribution in [3.8, 4) is 0 Å². The molecule has 1 N–H and O–H groups in total. The molecule has 17 heavy (non-hydrogen) atoms. The second-order valence-corrected chi connectivity index (χ2v) is 6.82. The monoisotopic (exact) mass is 234 g/mol. The summed E-state index contributed by atoms with van der Waals surface area (Å²) in [5, 5.41) is 3.50. The highest BCUT2D eigenvalue weighted by Crippen LogP contribution is 2.31. The highest BCUT2D eigenvalue weighted by molar-refractivity contribution is 6.45. The van der Waals surface area contributed by atoms with Gasteiger partial charge >= 0.3 is 0 Å². The standard InChI is InChI=1S/C13H22N4/c1-12(2,3)8-9(13(4,5)6)17-11-10(16-8)14-7-15-11/h8H,7H2,1-6H3,(H,14,16). The highest BCUT2D eigenvalue weighted by atomic mass is 15.2. The lowest BCUT2D eigenvalue weighted by atomic mass is 9.74. The second-order valence-electron chi connectivity index (χ2n) is 6.82. The number of amidine groups is 2. The Bertz CT molecular complexity index is 416. The Morgan fingerprint density at radius 1 is 1.06 bits per heavy atom. The maximum absolute atomic E-state index is 4.74. The van der Waals surface area contributed by atoms with Crippen LogP contribution in [0.15, 0.2) is 15.0 Å². The van der Waals surface area contributed by atoms with Crippen molar-refractivity contribution >= 4 is 17.4 Å². The van der Waals surface area contributed by atoms with Gasteiger partial charge in [-0.15, -0.1) is 0 Å². The summed E-state index contributed by atoms with van der Waals surface area (Å²) in [5.41, 5.74) is 1.33. The van der Waals surface area contributed by atoms with Crippen LogP contribution in [0.2, 0.25) is 0 Å². The van der Waals surface area contributed by atoms with Crippen LogP contribution in [0.5, 0.6) is 0 Å². The smallest absolute Gasteiger partial charge is 0.192 e. The van der Waals surface area contributed by atoms with E-state index < -0.39 is 0 Å². The fraction of sp³-hybridized carbons (Fsp3) is 0.769. The summed E-state index contributed by atoms with van der Waals surface area (Å²) in [7, 11) is 0. The summed E-state index contributed by atoms with van der Waals surface area (Å²) in [5.74, 6) is 1.63. The van der Waals surface area contributed by atoms with E-state index in [9.17, 15) is 0 Å². The van der Waals surface area contributed by atoms with Crippen molar-refractivity contribution in [2.75, 3.05) is 6.67 Å². The zero-order valence-corrected chi connectivity index (χ0v) is 11.6. The predicted octanol–water partition coefficient (Wildman–Crippen LogP) is 2.26. The molecule has 4 heteroatoms. The van der Waals surface area contributed by atoms with Crippen LogP contribution < -0.4 is 5.32 Å². The third-order valence-electron chi connectivity index (χ3n) is 3.08. The molecule has 94 valence electrons. The SMILES string of the molecule is CC(C)(C)C1=NC2=NCN=C2NC1C(C)(C)C. The first-order chi connectivity index (χ1) is 7.69. The number of fused-ring (bicyclic) bond motifs is 1. The third kappa shape index (κ3) is 2.26. The molecule has 0 saturated carbocycles. The molecule has 0 bridgehead atoms. The van der Waals surface area contributed by atoms with Gasteiger partial charge in [0.2, 0.25) is 0 Å². The molecule has 0 aromatic heterocycles. The van der Waals surface area contributed by atoms with Gasteiger partial charge in [0.25, 0.3) is 0 Å². The lowest BCUT2D eigenvalue weighted by Crippen LogP contribution is -2.57. The maximum atomic E-state index is 4.74. The van der Waals surface area contributed by atoms with Crippen LogP contribution in [0, 0.1) is 10.8 Å². The Hall–Kier alpha value is -1.19. The molecule has 2 heterocycles. The Morgan fingerprint density at radius 3 is 2.24 bits per heavy atom. The number of aliphatic imine (C=N–C) groups is 3. The first-order valence-electron chi connectivity index (χ1n) is 6.14. The van der Waals surface area contributed by atoms with Gasteiger partial charge in [0.05, 0.1) is 6.04 Å². The van der Waals surface area contributed by atoms with E-state index in [0.29, 0.717) is 6.67 Å². The summed E-state index contributed by atoms with van der Waals surface area (Å²) in [6, 6.07) is 0.221. The fourth-order valence-corrected chi connectivity index (χ4v) is 2.13. The first-order valence-corrected chi connectivity index (χ1v) is 6.14. The number of nitrogens with zero attached hydrogens (tertiary/aromatic N) is 3. The Morgan fingerprint density at radius 2 is 1.71 bits per heavy atom. The normalized spacial score (nSPS) is 24.6. The summed E-state index contributed by atoms with van der Waals surface area (Å²) >= 11 is 0. The van der Waals surface area contributed by atoms with E-state index in [0.717, 1.165) is 11.7 Å². The van der Waals surface area contributed by atoms with Crippen molar-refractivity contribution < 1.29 is 0 Å². The van der Waals surface area contributed by atoms with Crippen LogP contribution in [0.25, 0.3) is 0 Å². The van der Waals surface area contributed by atoms with Crippen LogP contribution in [0.3, 0.4) is 0 Å². The first kappa shape index (κ1) is 12.3. The molecule has 0 fully saturated rings. The Labute approximate surface area is 103 Å². The van der Waals surface area contributed by atoms with Gasteiger partial charge in [-0.05, 0) is 5.41 Å². The molecule has 2 aliphatic rings. The van der Waals surface area contributed by atoms with E-state index in [4.69, 9.17) is 4.99 Å². The minimum Gasteiger partial charge on any atom is -0.359 e. The zero-order chi connectivity index (χ0) is 12.8. The van der Waals surface area contributed by atoms with E-state index in [1.165, 1.54) is 5.71 Å². The molecule has 0 amide bonds. The summed E-state index contributed by atoms with van der Waals surface area (Å²) < 4.78 is 0. The van der Waals surface area contributed by atoms with E-state index in [1.807, 2.05) is 0 Å². The number of rotatable bonds is 0. The quantitative estimate of drug-likeness (QED) is 0.686. The maximum Gasteiger partial charge on any atom is 0.192 e. The molecular weight excluding hydrogens is 212 g/mol.